The van der Waals surface area contributed by atoms with E-state index in [0.29, 0.717) is 18.2 Å². The van der Waals surface area contributed by atoms with Crippen molar-refractivity contribution in [1.29, 1.82) is 0 Å². The van der Waals surface area contributed by atoms with Gasteiger partial charge in [0.15, 0.2) is 0 Å². The first kappa shape index (κ1) is 14.8. The topological polar surface area (TPSA) is 32.7 Å². The van der Waals surface area contributed by atoms with E-state index in [1.807, 2.05) is 24.3 Å². The van der Waals surface area contributed by atoms with Gasteiger partial charge in [0.05, 0.1) is 18.8 Å². The van der Waals surface area contributed by atoms with Gasteiger partial charge in [0.2, 0.25) is 0 Å². The normalized spacial score (nSPS) is 25.2. The minimum Gasteiger partial charge on any atom is -0.387 e. The molecule has 1 aromatic rings. The van der Waals surface area contributed by atoms with Gasteiger partial charge in [-0.3, -0.25) is 4.90 Å². The summed E-state index contributed by atoms with van der Waals surface area (Å²) in [5, 5.41) is 11.0. The predicted molar refractivity (Wildman–Crippen MR) is 77.5 cm³/mol. The number of ether oxygens (including phenoxy) is 1. The Morgan fingerprint density at radius 3 is 2.84 bits per heavy atom. The molecule has 2 unspecified atom stereocenters. The average molecular weight is 284 g/mol. The van der Waals surface area contributed by atoms with E-state index < -0.39 is 6.10 Å². The lowest BCUT2D eigenvalue weighted by molar-refractivity contribution is -0.102. The first-order chi connectivity index (χ1) is 8.90. The molecule has 0 radical (unpaired) electrons. The molecule has 1 heterocycles. The van der Waals surface area contributed by atoms with Crippen LogP contribution in [0.4, 0.5) is 0 Å². The zero-order valence-electron chi connectivity index (χ0n) is 11.8. The molecule has 0 bridgehead atoms. The third-order valence-electron chi connectivity index (χ3n) is 3.71. The van der Waals surface area contributed by atoms with Crippen molar-refractivity contribution in [1.82, 2.24) is 4.90 Å². The molecule has 19 heavy (non-hydrogen) atoms. The van der Waals surface area contributed by atoms with Crippen molar-refractivity contribution in [3.05, 3.63) is 34.9 Å². The molecule has 2 rings (SSSR count). The Bertz CT molecular complexity index is 436. The third kappa shape index (κ3) is 3.48. The van der Waals surface area contributed by atoms with Gasteiger partial charge in [-0.05, 0) is 26.8 Å². The standard InChI is InChI=1S/C15H22ClNO2/c1-11-8-17(15(2,3)10-19-11)9-14(18)12-6-4-5-7-13(12)16/h4-7,11,14,18H,8-10H2,1-3H3. The van der Waals surface area contributed by atoms with Crippen LogP contribution in [0.1, 0.15) is 32.4 Å². The van der Waals surface area contributed by atoms with E-state index in [0.717, 1.165) is 12.1 Å². The van der Waals surface area contributed by atoms with Gasteiger partial charge in [-0.2, -0.15) is 0 Å². The van der Waals surface area contributed by atoms with Crippen LogP contribution in [0.5, 0.6) is 0 Å². The Morgan fingerprint density at radius 2 is 2.16 bits per heavy atom. The molecule has 1 aliphatic heterocycles. The smallest absolute Gasteiger partial charge is 0.0931 e. The summed E-state index contributed by atoms with van der Waals surface area (Å²) in [6.07, 6.45) is -0.371. The van der Waals surface area contributed by atoms with Crippen LogP contribution in [0.3, 0.4) is 0 Å². The van der Waals surface area contributed by atoms with Crippen molar-refractivity contribution in [2.75, 3.05) is 19.7 Å². The Morgan fingerprint density at radius 1 is 1.47 bits per heavy atom. The lowest BCUT2D eigenvalue weighted by atomic mass is 9.99. The maximum atomic E-state index is 10.4. The lowest BCUT2D eigenvalue weighted by Gasteiger charge is -2.45. The number of aliphatic hydroxyl groups is 1. The number of hydrogen-bond donors (Lipinski definition) is 1. The van der Waals surface area contributed by atoms with Crippen LogP contribution >= 0.6 is 11.6 Å². The van der Waals surface area contributed by atoms with Crippen molar-refractivity contribution >= 4 is 11.6 Å². The fourth-order valence-electron chi connectivity index (χ4n) is 2.42. The van der Waals surface area contributed by atoms with Crippen LogP contribution in [0, 0.1) is 0 Å². The molecule has 1 N–H and O–H groups in total. The zero-order valence-corrected chi connectivity index (χ0v) is 12.5. The second-order valence-corrected chi connectivity index (χ2v) is 6.28. The summed E-state index contributed by atoms with van der Waals surface area (Å²) in [7, 11) is 0. The number of benzene rings is 1. The van der Waals surface area contributed by atoms with Gasteiger partial charge < -0.3 is 9.84 Å². The second-order valence-electron chi connectivity index (χ2n) is 5.88. The molecule has 0 spiro atoms. The second kappa shape index (κ2) is 5.80. The van der Waals surface area contributed by atoms with Crippen LogP contribution in [0.25, 0.3) is 0 Å². The van der Waals surface area contributed by atoms with E-state index in [2.05, 4.69) is 25.7 Å². The van der Waals surface area contributed by atoms with Crippen molar-refractivity contribution in [2.24, 2.45) is 0 Å². The molecule has 0 aromatic heterocycles. The van der Waals surface area contributed by atoms with Crippen LogP contribution in [-0.2, 0) is 4.74 Å². The summed E-state index contributed by atoms with van der Waals surface area (Å²) in [5.41, 5.74) is 0.730. The van der Waals surface area contributed by atoms with Gasteiger partial charge >= 0.3 is 0 Å². The van der Waals surface area contributed by atoms with Crippen molar-refractivity contribution in [2.45, 2.75) is 38.5 Å². The maximum absolute atomic E-state index is 10.4. The highest BCUT2D eigenvalue weighted by Crippen LogP contribution is 2.28. The van der Waals surface area contributed by atoms with Gasteiger partial charge in [0.1, 0.15) is 0 Å². The van der Waals surface area contributed by atoms with Crippen LogP contribution in [0.15, 0.2) is 24.3 Å². The highest BCUT2D eigenvalue weighted by Gasteiger charge is 2.34. The quantitative estimate of drug-likeness (QED) is 0.926. The molecule has 106 valence electrons. The molecular weight excluding hydrogens is 262 g/mol. The molecule has 3 nitrogen and oxygen atoms in total. The molecule has 1 aromatic carbocycles. The highest BCUT2D eigenvalue weighted by molar-refractivity contribution is 6.31. The summed E-state index contributed by atoms with van der Waals surface area (Å²) in [6.45, 7) is 8.42. The molecule has 0 aliphatic carbocycles. The minimum atomic E-state index is -0.571. The van der Waals surface area contributed by atoms with Crippen molar-refractivity contribution in [3.8, 4) is 0 Å². The number of nitrogens with zero attached hydrogens (tertiary/aromatic N) is 1. The summed E-state index contributed by atoms with van der Waals surface area (Å²) in [5.74, 6) is 0. The molecular formula is C15H22ClNO2. The minimum absolute atomic E-state index is 0.0608. The SMILES string of the molecule is CC1CN(CC(O)c2ccccc2Cl)C(C)(C)CO1. The fraction of sp³-hybridized carbons (Fsp3) is 0.600. The summed E-state index contributed by atoms with van der Waals surface area (Å²) < 4.78 is 5.68. The van der Waals surface area contributed by atoms with E-state index in [9.17, 15) is 5.11 Å². The van der Waals surface area contributed by atoms with E-state index in [1.54, 1.807) is 0 Å². The number of hydrogen-bond acceptors (Lipinski definition) is 3. The maximum Gasteiger partial charge on any atom is 0.0931 e. The van der Waals surface area contributed by atoms with Gasteiger partial charge in [-0.15, -0.1) is 0 Å². The first-order valence-corrected chi connectivity index (χ1v) is 7.07. The largest absolute Gasteiger partial charge is 0.387 e. The van der Waals surface area contributed by atoms with Crippen LogP contribution in [-0.4, -0.2) is 41.3 Å². The Balaban J connectivity index is 2.09. The lowest BCUT2D eigenvalue weighted by Crippen LogP contribution is -2.56. The third-order valence-corrected chi connectivity index (χ3v) is 4.06. The van der Waals surface area contributed by atoms with Gasteiger partial charge in [-0.25, -0.2) is 0 Å². The monoisotopic (exact) mass is 283 g/mol. The van der Waals surface area contributed by atoms with Crippen molar-refractivity contribution in [3.63, 3.8) is 0 Å². The average Bonchev–Trinajstić information content (AvgIpc) is 2.35. The predicted octanol–water partition coefficient (Wildman–Crippen LogP) is 2.87. The molecule has 1 aliphatic rings. The first-order valence-electron chi connectivity index (χ1n) is 6.69. The van der Waals surface area contributed by atoms with Gasteiger partial charge in [-0.1, -0.05) is 29.8 Å². The molecule has 0 saturated carbocycles. The number of aliphatic hydroxyl groups excluding tert-OH is 1. The molecule has 0 amide bonds. The molecule has 1 fully saturated rings. The highest BCUT2D eigenvalue weighted by atomic mass is 35.5. The number of halogens is 1. The number of β-amino-alcohol motifs (C(OH)–C–C–N with tert-alkyl or cyclic N) is 1. The Labute approximate surface area is 120 Å². The molecule has 4 heteroatoms. The van der Waals surface area contributed by atoms with E-state index in [4.69, 9.17) is 16.3 Å². The van der Waals surface area contributed by atoms with Crippen LogP contribution < -0.4 is 0 Å². The van der Waals surface area contributed by atoms with Crippen molar-refractivity contribution < 1.29 is 9.84 Å². The zero-order chi connectivity index (χ0) is 14.0. The Kier molecular flexibility index (Phi) is 4.51. The Hall–Kier alpha value is -0.610. The molecule has 1 saturated heterocycles. The number of rotatable bonds is 3. The summed E-state index contributed by atoms with van der Waals surface area (Å²) in [6, 6.07) is 7.47. The summed E-state index contributed by atoms with van der Waals surface area (Å²) in [4.78, 5) is 2.27. The molecule has 2 atom stereocenters. The van der Waals surface area contributed by atoms with Gasteiger partial charge in [0, 0.05) is 29.2 Å². The van der Waals surface area contributed by atoms with Crippen LogP contribution in [0.2, 0.25) is 5.02 Å². The fourth-order valence-corrected chi connectivity index (χ4v) is 2.68. The number of morpholine rings is 1. The van der Waals surface area contributed by atoms with E-state index in [1.165, 1.54) is 0 Å². The van der Waals surface area contributed by atoms with E-state index in [-0.39, 0.29) is 11.6 Å². The summed E-state index contributed by atoms with van der Waals surface area (Å²) >= 11 is 6.13. The van der Waals surface area contributed by atoms with Gasteiger partial charge in [0.25, 0.3) is 0 Å². The van der Waals surface area contributed by atoms with E-state index >= 15 is 0 Å².